The molecule has 3 nitrogen and oxygen atoms in total. The summed E-state index contributed by atoms with van der Waals surface area (Å²) in [6.07, 6.45) is 9.22. The van der Waals surface area contributed by atoms with Crippen molar-refractivity contribution in [2.45, 2.75) is 16.1 Å². The first-order chi connectivity index (χ1) is 41.7. The Bertz CT molecular complexity index is 5510. The number of fused-ring (bicyclic) bond motifs is 18. The molecule has 0 N–H and O–H groups in total. The van der Waals surface area contributed by atoms with Crippen LogP contribution in [0.25, 0.3) is 156 Å². The lowest BCUT2D eigenvalue weighted by Gasteiger charge is -2.20. The molecule has 2 aliphatic rings. The first-order valence-corrected chi connectivity index (χ1v) is 31.4. The molecule has 0 bridgehead atoms. The van der Waals surface area contributed by atoms with Crippen molar-refractivity contribution in [3.05, 3.63) is 279 Å². The highest BCUT2D eigenvalue weighted by atomic mass is 32.2. The molecule has 0 radical (unpaired) electrons. The molecule has 1 aliphatic heterocycles. The molecule has 0 fully saturated rings. The highest BCUT2D eigenvalue weighted by Crippen LogP contribution is 2.54. The van der Waals surface area contributed by atoms with Gasteiger partial charge in [-0.15, -0.1) is 34.4 Å². The number of aromatic nitrogens is 3. The maximum absolute atomic E-state index is 2.60. The highest BCUT2D eigenvalue weighted by molar-refractivity contribution is 8.00. The van der Waals surface area contributed by atoms with Crippen LogP contribution in [0.1, 0.15) is 11.5 Å². The molecule has 6 heteroatoms. The van der Waals surface area contributed by atoms with Crippen LogP contribution in [0.15, 0.2) is 278 Å². The van der Waals surface area contributed by atoms with Crippen molar-refractivity contribution in [2.75, 3.05) is 0 Å². The van der Waals surface area contributed by atoms with Crippen LogP contribution in [0.5, 0.6) is 0 Å². The molecule has 0 saturated carbocycles. The normalized spacial score (nSPS) is 15.0. The van der Waals surface area contributed by atoms with Crippen LogP contribution in [0.3, 0.4) is 0 Å². The highest BCUT2D eigenvalue weighted by Gasteiger charge is 2.34. The first kappa shape index (κ1) is 46.9. The van der Waals surface area contributed by atoms with Gasteiger partial charge in [-0.3, -0.25) is 0 Å². The summed E-state index contributed by atoms with van der Waals surface area (Å²) in [5, 5.41) is 12.9. The van der Waals surface area contributed by atoms with Crippen molar-refractivity contribution in [1.29, 1.82) is 0 Å². The molecule has 1 aliphatic carbocycles. The SMILES string of the molecule is C1=CC2Sc3c(-c4cccc5c6ccccc6n(-c6cc(-n7c8ccccc8c8cccc(-c9cccc%10c9sc9ccccc9%10)c87)cc(-n7c8ccccc8c8cccc(-c9cccc%10c9sc9ccccc9%10)c87)c6)c45)cccc3C2C=C1. The molecule has 19 rings (SSSR count). The fourth-order valence-corrected chi connectivity index (χ4v) is 18.6. The van der Waals surface area contributed by atoms with Crippen molar-refractivity contribution < 1.29 is 0 Å². The van der Waals surface area contributed by atoms with E-state index in [1.165, 1.54) is 139 Å². The van der Waals surface area contributed by atoms with Gasteiger partial charge in [-0.25, -0.2) is 0 Å². The van der Waals surface area contributed by atoms with Gasteiger partial charge in [0.05, 0.1) is 50.2 Å². The van der Waals surface area contributed by atoms with E-state index >= 15 is 0 Å². The number of allylic oxidation sites excluding steroid dienone is 3. The zero-order valence-corrected chi connectivity index (χ0v) is 47.7. The van der Waals surface area contributed by atoms with Gasteiger partial charge >= 0.3 is 0 Å². The van der Waals surface area contributed by atoms with E-state index in [1.807, 2.05) is 34.4 Å². The summed E-state index contributed by atoms with van der Waals surface area (Å²) in [5.74, 6) is 0.350. The second-order valence-electron chi connectivity index (χ2n) is 22.5. The molecule has 84 heavy (non-hydrogen) atoms. The number of benzene rings is 12. The van der Waals surface area contributed by atoms with E-state index in [1.54, 1.807) is 0 Å². The number of thioether (sulfide) groups is 1. The van der Waals surface area contributed by atoms with Gasteiger partial charge < -0.3 is 13.7 Å². The van der Waals surface area contributed by atoms with Crippen LogP contribution < -0.4 is 0 Å². The fourth-order valence-electron chi connectivity index (χ4n) is 14.7. The third-order valence-corrected chi connectivity index (χ3v) is 22.0. The minimum absolute atomic E-state index is 0.350. The van der Waals surface area contributed by atoms with E-state index in [0.29, 0.717) is 11.2 Å². The molecule has 6 heterocycles. The predicted octanol–water partition coefficient (Wildman–Crippen LogP) is 22.4. The number of hydrogen-bond acceptors (Lipinski definition) is 3. The monoisotopic (exact) mass is 1120 g/mol. The molecule has 2 atom stereocenters. The lowest BCUT2D eigenvalue weighted by Crippen LogP contribution is -2.06. The van der Waals surface area contributed by atoms with Crippen molar-refractivity contribution in [1.82, 2.24) is 13.7 Å². The minimum Gasteiger partial charge on any atom is -0.308 e. The summed E-state index contributed by atoms with van der Waals surface area (Å²) in [7, 11) is 0. The maximum atomic E-state index is 2.60. The van der Waals surface area contributed by atoms with Crippen LogP contribution in [-0.2, 0) is 0 Å². The third kappa shape index (κ3) is 6.58. The molecule has 17 aromatic rings. The van der Waals surface area contributed by atoms with Crippen LogP contribution >= 0.6 is 34.4 Å². The summed E-state index contributed by atoms with van der Waals surface area (Å²) in [4.78, 5) is 1.38. The number of rotatable bonds is 6. The Kier molecular flexibility index (Phi) is 9.99. The van der Waals surface area contributed by atoms with Gasteiger partial charge in [-0.05, 0) is 59.7 Å². The standard InChI is InChI=1S/C78H47N3S3/c1-7-37-67-49(19-1)55-25-13-28-58(64-34-16-31-61-52-22-4-10-40-70(52)82-76(61)64)73(55)79(67)46-43-47(80-68-38-8-2-20-50(68)56-26-14-29-59(74(56)80)65-35-17-32-62-53-23-5-11-41-71(53)83-77(62)65)45-48(44-46)81-69-39-9-3-21-51(69)57-27-15-30-60(75(57)81)66-36-18-33-63-54-24-6-12-42-72(54)84-78(63)66/h1-45,52,70H. The van der Waals surface area contributed by atoms with Crippen LogP contribution in [0, 0.1) is 0 Å². The lowest BCUT2D eigenvalue weighted by molar-refractivity contribution is 0.881. The first-order valence-electron chi connectivity index (χ1n) is 28.9. The largest absolute Gasteiger partial charge is 0.308 e. The zero-order chi connectivity index (χ0) is 54.7. The molecule has 12 aromatic carbocycles. The molecule has 0 spiro atoms. The van der Waals surface area contributed by atoms with E-state index in [4.69, 9.17) is 0 Å². The topological polar surface area (TPSA) is 14.8 Å². The Labute approximate surface area is 495 Å². The molecule has 0 amide bonds. The fraction of sp³-hybridized carbons (Fsp3) is 0.0256. The second-order valence-corrected chi connectivity index (χ2v) is 25.8. The van der Waals surface area contributed by atoms with E-state index < -0.39 is 0 Å². The Morgan fingerprint density at radius 3 is 1.12 bits per heavy atom. The van der Waals surface area contributed by atoms with E-state index in [9.17, 15) is 0 Å². The van der Waals surface area contributed by atoms with Crippen molar-refractivity contribution in [3.8, 4) is 50.4 Å². The average Bonchev–Trinajstić information content (AvgIpc) is 2.03. The van der Waals surface area contributed by atoms with Crippen molar-refractivity contribution in [2.24, 2.45) is 0 Å². The Balaban J connectivity index is 0.959. The van der Waals surface area contributed by atoms with Gasteiger partial charge in [0, 0.05) is 117 Å². The van der Waals surface area contributed by atoms with E-state index in [2.05, 4.69) is 287 Å². The lowest BCUT2D eigenvalue weighted by atomic mass is 9.90. The van der Waals surface area contributed by atoms with E-state index in [-0.39, 0.29) is 0 Å². The Hall–Kier alpha value is -9.69. The third-order valence-electron chi connectivity index (χ3n) is 18.2. The number of thiophene rings is 2. The van der Waals surface area contributed by atoms with Gasteiger partial charge in [0.1, 0.15) is 0 Å². The molecule has 0 saturated heterocycles. The number of nitrogens with zero attached hydrogens (tertiary/aromatic N) is 3. The number of para-hydroxylation sites is 6. The summed E-state index contributed by atoms with van der Waals surface area (Å²) < 4.78 is 13.0. The second kappa shape index (κ2) is 17.9. The summed E-state index contributed by atoms with van der Waals surface area (Å²) in [6, 6.07) is 94.0. The molecular formula is C78H47N3S3. The van der Waals surface area contributed by atoms with E-state index in [0.717, 1.165) is 28.1 Å². The summed E-state index contributed by atoms with van der Waals surface area (Å²) in [6.45, 7) is 0. The van der Waals surface area contributed by atoms with Gasteiger partial charge in [-0.2, -0.15) is 0 Å². The zero-order valence-electron chi connectivity index (χ0n) is 45.2. The van der Waals surface area contributed by atoms with Gasteiger partial charge in [-0.1, -0.05) is 224 Å². The predicted molar refractivity (Wildman–Crippen MR) is 362 cm³/mol. The Morgan fingerprint density at radius 1 is 0.286 bits per heavy atom. The smallest absolute Gasteiger partial charge is 0.0620 e. The summed E-state index contributed by atoms with van der Waals surface area (Å²) >= 11 is 5.81. The average molecular weight is 1120 g/mol. The van der Waals surface area contributed by atoms with Crippen LogP contribution in [-0.4, -0.2) is 19.0 Å². The summed E-state index contributed by atoms with van der Waals surface area (Å²) in [5.41, 5.74) is 19.2. The maximum Gasteiger partial charge on any atom is 0.0620 e. The van der Waals surface area contributed by atoms with Gasteiger partial charge in [0.2, 0.25) is 0 Å². The minimum atomic E-state index is 0.350. The van der Waals surface area contributed by atoms with Gasteiger partial charge in [0.25, 0.3) is 0 Å². The molecule has 5 aromatic heterocycles. The van der Waals surface area contributed by atoms with Gasteiger partial charge in [0.15, 0.2) is 0 Å². The Morgan fingerprint density at radius 2 is 0.643 bits per heavy atom. The quantitative estimate of drug-likeness (QED) is 0.162. The van der Waals surface area contributed by atoms with Crippen LogP contribution in [0.2, 0.25) is 0 Å². The van der Waals surface area contributed by atoms with Crippen LogP contribution in [0.4, 0.5) is 0 Å². The van der Waals surface area contributed by atoms with Crippen molar-refractivity contribution in [3.63, 3.8) is 0 Å². The molecular weight excluding hydrogens is 1080 g/mol. The van der Waals surface area contributed by atoms with Crippen molar-refractivity contribution >= 4 is 140 Å². The molecule has 392 valence electrons. The molecule has 2 unspecified atom stereocenters. The number of hydrogen-bond donors (Lipinski definition) is 0.